The van der Waals surface area contributed by atoms with E-state index in [1.54, 1.807) is 0 Å². The molecule has 1 nitrogen and oxygen atoms in total. The zero-order valence-corrected chi connectivity index (χ0v) is 13.1. The lowest BCUT2D eigenvalue weighted by molar-refractivity contribution is 0.393. The average Bonchev–Trinajstić information content (AvgIpc) is 2.75. The van der Waals surface area contributed by atoms with Gasteiger partial charge in [0.2, 0.25) is 0 Å². The molecule has 112 valence electrons. The van der Waals surface area contributed by atoms with Crippen molar-refractivity contribution in [1.82, 2.24) is 0 Å². The summed E-state index contributed by atoms with van der Waals surface area (Å²) in [6, 6.07) is 13.3. The first-order valence-electron chi connectivity index (χ1n) is 8.49. The Morgan fingerprint density at radius 1 is 1.00 bits per heavy atom. The van der Waals surface area contributed by atoms with Gasteiger partial charge < -0.3 is 5.73 Å². The van der Waals surface area contributed by atoms with E-state index in [2.05, 4.69) is 43.3 Å². The summed E-state index contributed by atoms with van der Waals surface area (Å²) in [7, 11) is 0. The second-order valence-corrected chi connectivity index (χ2v) is 6.72. The molecule has 1 unspecified atom stereocenters. The zero-order valence-electron chi connectivity index (χ0n) is 13.1. The van der Waals surface area contributed by atoms with Crippen LogP contribution in [0.25, 0.3) is 10.8 Å². The molecule has 0 spiro atoms. The Morgan fingerprint density at radius 3 is 2.48 bits per heavy atom. The van der Waals surface area contributed by atoms with E-state index < -0.39 is 0 Å². The van der Waals surface area contributed by atoms with E-state index in [1.807, 2.05) is 0 Å². The molecule has 2 N–H and O–H groups in total. The largest absolute Gasteiger partial charge is 0.324 e. The first-order chi connectivity index (χ1) is 10.3. The van der Waals surface area contributed by atoms with Gasteiger partial charge in [-0.15, -0.1) is 0 Å². The molecule has 0 amide bonds. The Bertz CT molecular complexity index is 594. The molecule has 0 bridgehead atoms. The van der Waals surface area contributed by atoms with E-state index >= 15 is 0 Å². The standard InChI is InChI=1S/C20H27N/c1-15-12-13-17-10-6-7-11-18(17)20(15)19(21)14-16-8-4-2-3-5-9-16/h6-7,10-13,16,19H,2-5,8-9,14,21H2,1H3. The van der Waals surface area contributed by atoms with E-state index in [1.165, 1.54) is 60.4 Å². The molecule has 1 saturated carbocycles. The number of hydrogen-bond acceptors (Lipinski definition) is 1. The normalized spacial score (nSPS) is 18.6. The lowest BCUT2D eigenvalue weighted by atomic mass is 9.86. The molecule has 1 heteroatoms. The first-order valence-corrected chi connectivity index (χ1v) is 8.49. The van der Waals surface area contributed by atoms with Crippen LogP contribution >= 0.6 is 0 Å². The molecule has 0 saturated heterocycles. The summed E-state index contributed by atoms with van der Waals surface area (Å²) in [5.41, 5.74) is 9.36. The van der Waals surface area contributed by atoms with E-state index in [9.17, 15) is 0 Å². The number of benzene rings is 2. The Morgan fingerprint density at radius 2 is 1.71 bits per heavy atom. The highest BCUT2D eigenvalue weighted by Crippen LogP contribution is 2.34. The molecular formula is C20H27N. The van der Waals surface area contributed by atoms with Crippen LogP contribution in [0.3, 0.4) is 0 Å². The lowest BCUT2D eigenvalue weighted by Crippen LogP contribution is -2.17. The summed E-state index contributed by atoms with van der Waals surface area (Å²) >= 11 is 0. The fraction of sp³-hybridized carbons (Fsp3) is 0.500. The average molecular weight is 281 g/mol. The maximum Gasteiger partial charge on any atom is 0.0306 e. The SMILES string of the molecule is Cc1ccc2ccccc2c1C(N)CC1CCCCCC1. The maximum atomic E-state index is 6.64. The third-order valence-corrected chi connectivity index (χ3v) is 5.12. The van der Waals surface area contributed by atoms with Gasteiger partial charge in [0.05, 0.1) is 0 Å². The van der Waals surface area contributed by atoms with Crippen LogP contribution in [0.5, 0.6) is 0 Å². The van der Waals surface area contributed by atoms with Gasteiger partial charge in [0.15, 0.2) is 0 Å². The van der Waals surface area contributed by atoms with Gasteiger partial charge in [-0.05, 0) is 41.2 Å². The molecule has 1 aliphatic carbocycles. The van der Waals surface area contributed by atoms with Crippen molar-refractivity contribution in [2.24, 2.45) is 11.7 Å². The van der Waals surface area contributed by atoms with E-state index in [-0.39, 0.29) is 6.04 Å². The molecule has 1 atom stereocenters. The van der Waals surface area contributed by atoms with Gasteiger partial charge in [0.1, 0.15) is 0 Å². The van der Waals surface area contributed by atoms with Crippen molar-refractivity contribution in [1.29, 1.82) is 0 Å². The Balaban J connectivity index is 1.86. The van der Waals surface area contributed by atoms with Crippen LogP contribution in [0.4, 0.5) is 0 Å². The maximum absolute atomic E-state index is 6.64. The van der Waals surface area contributed by atoms with Crippen molar-refractivity contribution < 1.29 is 0 Å². The molecule has 1 fully saturated rings. The summed E-state index contributed by atoms with van der Waals surface area (Å²) in [4.78, 5) is 0. The molecule has 21 heavy (non-hydrogen) atoms. The molecule has 2 aromatic rings. The highest BCUT2D eigenvalue weighted by atomic mass is 14.6. The fourth-order valence-corrected chi connectivity index (χ4v) is 3.97. The van der Waals surface area contributed by atoms with Crippen molar-refractivity contribution in [2.45, 2.75) is 57.9 Å². The monoisotopic (exact) mass is 281 g/mol. The quantitative estimate of drug-likeness (QED) is 0.738. The molecule has 0 aromatic heterocycles. The van der Waals surface area contributed by atoms with E-state index in [0.717, 1.165) is 12.3 Å². The summed E-state index contributed by atoms with van der Waals surface area (Å²) in [5.74, 6) is 0.820. The molecule has 2 aromatic carbocycles. The van der Waals surface area contributed by atoms with Crippen LogP contribution in [0.15, 0.2) is 36.4 Å². The van der Waals surface area contributed by atoms with Crippen molar-refractivity contribution in [3.63, 3.8) is 0 Å². The number of nitrogens with two attached hydrogens (primary N) is 1. The van der Waals surface area contributed by atoms with Crippen molar-refractivity contribution in [3.8, 4) is 0 Å². The van der Waals surface area contributed by atoms with Crippen molar-refractivity contribution in [3.05, 3.63) is 47.5 Å². The van der Waals surface area contributed by atoms with Crippen LogP contribution in [-0.4, -0.2) is 0 Å². The highest BCUT2D eigenvalue weighted by Gasteiger charge is 2.19. The van der Waals surface area contributed by atoms with Gasteiger partial charge in [0, 0.05) is 6.04 Å². The van der Waals surface area contributed by atoms with Gasteiger partial charge in [-0.3, -0.25) is 0 Å². The molecule has 0 radical (unpaired) electrons. The van der Waals surface area contributed by atoms with Crippen LogP contribution in [0.2, 0.25) is 0 Å². The summed E-state index contributed by atoms with van der Waals surface area (Å²) in [6.07, 6.45) is 9.51. The minimum absolute atomic E-state index is 0.180. The van der Waals surface area contributed by atoms with Gasteiger partial charge in [-0.2, -0.15) is 0 Å². The molecule has 0 heterocycles. The highest BCUT2D eigenvalue weighted by molar-refractivity contribution is 5.87. The van der Waals surface area contributed by atoms with E-state index in [4.69, 9.17) is 5.73 Å². The summed E-state index contributed by atoms with van der Waals surface area (Å²) in [6.45, 7) is 2.20. The molecule has 1 aliphatic rings. The third kappa shape index (κ3) is 3.29. The second-order valence-electron chi connectivity index (χ2n) is 6.72. The minimum Gasteiger partial charge on any atom is -0.324 e. The summed E-state index contributed by atoms with van der Waals surface area (Å²) < 4.78 is 0. The fourth-order valence-electron chi connectivity index (χ4n) is 3.97. The van der Waals surface area contributed by atoms with Gasteiger partial charge in [-0.25, -0.2) is 0 Å². The third-order valence-electron chi connectivity index (χ3n) is 5.12. The Hall–Kier alpha value is -1.34. The topological polar surface area (TPSA) is 26.0 Å². The minimum atomic E-state index is 0.180. The number of hydrogen-bond donors (Lipinski definition) is 1. The van der Waals surface area contributed by atoms with Crippen molar-refractivity contribution in [2.75, 3.05) is 0 Å². The lowest BCUT2D eigenvalue weighted by Gasteiger charge is -2.22. The molecule has 3 rings (SSSR count). The Kier molecular flexibility index (Phi) is 4.60. The van der Waals surface area contributed by atoms with Crippen LogP contribution in [0, 0.1) is 12.8 Å². The van der Waals surface area contributed by atoms with Crippen molar-refractivity contribution >= 4 is 10.8 Å². The van der Waals surface area contributed by atoms with Crippen LogP contribution in [-0.2, 0) is 0 Å². The smallest absolute Gasteiger partial charge is 0.0306 e. The van der Waals surface area contributed by atoms with Crippen LogP contribution in [0.1, 0.15) is 62.1 Å². The number of aryl methyl sites for hydroxylation is 1. The number of fused-ring (bicyclic) bond motifs is 1. The van der Waals surface area contributed by atoms with Gasteiger partial charge >= 0.3 is 0 Å². The van der Waals surface area contributed by atoms with Gasteiger partial charge in [0.25, 0.3) is 0 Å². The zero-order chi connectivity index (χ0) is 14.7. The van der Waals surface area contributed by atoms with Crippen LogP contribution < -0.4 is 5.73 Å². The van der Waals surface area contributed by atoms with E-state index in [0.29, 0.717) is 0 Å². The van der Waals surface area contributed by atoms with Gasteiger partial charge in [-0.1, -0.05) is 74.9 Å². The first kappa shape index (κ1) is 14.6. The number of rotatable bonds is 3. The summed E-state index contributed by atoms with van der Waals surface area (Å²) in [5, 5.41) is 2.66. The second kappa shape index (κ2) is 6.62. The molecular weight excluding hydrogens is 254 g/mol. The predicted molar refractivity (Wildman–Crippen MR) is 91.4 cm³/mol. The Labute approximate surface area is 128 Å². The molecule has 0 aliphatic heterocycles. The predicted octanol–water partition coefficient (Wildman–Crippen LogP) is 5.51.